The fourth-order valence-corrected chi connectivity index (χ4v) is 9.80. The number of hydrogen-bond donors (Lipinski definition) is 4. The minimum absolute atomic E-state index is 0. The Labute approximate surface area is 486 Å². The van der Waals surface area contributed by atoms with Crippen LogP contribution in [-0.2, 0) is 40.5 Å². The van der Waals surface area contributed by atoms with Gasteiger partial charge in [0.25, 0.3) is 0 Å². The summed E-state index contributed by atoms with van der Waals surface area (Å²) < 4.78 is 146. The fourth-order valence-electron chi connectivity index (χ4n) is 7.08. The first-order chi connectivity index (χ1) is 31.0. The quantitative estimate of drug-likeness (QED) is 0.0437. The van der Waals surface area contributed by atoms with Crippen molar-refractivity contribution >= 4 is 124 Å². The van der Waals surface area contributed by atoms with Crippen LogP contribution >= 0.6 is 0 Å². The maximum atomic E-state index is 13.4. The van der Waals surface area contributed by atoms with Crippen LogP contribution in [0.4, 0.5) is 38.9 Å². The number of phenolic OH excluding ortho intramolecular Hbond substituents is 2. The number of anilines is 2. The molecule has 0 bridgehead atoms. The first kappa shape index (κ1) is 59.1. The van der Waals surface area contributed by atoms with Gasteiger partial charge >= 0.3 is 124 Å². The minimum atomic E-state index is -5.52. The summed E-state index contributed by atoms with van der Waals surface area (Å²) in [4.78, 5) is 10.1. The van der Waals surface area contributed by atoms with Crippen molar-refractivity contribution in [3.63, 3.8) is 0 Å². The number of nitrogens with one attached hydrogen (secondary N) is 2. The van der Waals surface area contributed by atoms with Gasteiger partial charge in [-0.05, 0) is 83.6 Å². The summed E-state index contributed by atoms with van der Waals surface area (Å²) in [5.41, 5.74) is -1.58. The molecule has 8 rings (SSSR count). The largest absolute Gasteiger partial charge is 1.00 e. The van der Waals surface area contributed by atoms with Crippen molar-refractivity contribution < 1.29 is 185 Å². The summed E-state index contributed by atoms with van der Waals surface area (Å²) in [6.07, 6.45) is 0. The van der Waals surface area contributed by atoms with Crippen LogP contribution < -0.4 is 129 Å². The predicted molar refractivity (Wildman–Crippen MR) is 232 cm³/mol. The van der Waals surface area contributed by atoms with E-state index in [9.17, 15) is 66.9 Å². The van der Waals surface area contributed by atoms with E-state index in [1.165, 1.54) is 97.1 Å². The molecule has 0 saturated heterocycles. The van der Waals surface area contributed by atoms with Crippen LogP contribution in [-0.4, -0.2) is 68.1 Å². The van der Waals surface area contributed by atoms with Gasteiger partial charge in [0.2, 0.25) is 0 Å². The van der Waals surface area contributed by atoms with Gasteiger partial charge in [-0.2, -0.15) is 10.2 Å². The molecule has 0 spiro atoms. The zero-order valence-corrected chi connectivity index (χ0v) is 47.9. The van der Waals surface area contributed by atoms with Crippen molar-refractivity contribution in [2.45, 2.75) is 19.6 Å². The molecule has 0 fully saturated rings. The Morgan fingerprint density at radius 2 is 0.729 bits per heavy atom. The molecular weight excluding hydrogens is 1040 g/mol. The van der Waals surface area contributed by atoms with E-state index in [1.54, 1.807) is 0 Å². The Morgan fingerprint density at radius 1 is 0.400 bits per heavy atom. The smallest absolute Gasteiger partial charge is 0.744 e. The van der Waals surface area contributed by atoms with Crippen LogP contribution in [0.5, 0.6) is 11.5 Å². The Kier molecular flexibility index (Phi) is 19.2. The zero-order valence-electron chi connectivity index (χ0n) is 36.7. The van der Waals surface area contributed by atoms with Gasteiger partial charge < -0.3 is 39.1 Å². The van der Waals surface area contributed by atoms with E-state index in [1.807, 2.05) is 10.6 Å². The molecule has 0 aromatic heterocycles. The van der Waals surface area contributed by atoms with Crippen LogP contribution in [0.1, 0.15) is 0 Å². The van der Waals surface area contributed by atoms with Crippen molar-refractivity contribution in [3.05, 3.63) is 121 Å². The Hall–Kier alpha value is -3.49. The van der Waals surface area contributed by atoms with Crippen molar-refractivity contribution in [1.82, 2.24) is 0 Å². The van der Waals surface area contributed by atoms with E-state index in [0.29, 0.717) is 0 Å². The van der Waals surface area contributed by atoms with Crippen LogP contribution in [0.2, 0.25) is 0 Å². The van der Waals surface area contributed by atoms with Gasteiger partial charge in [-0.3, -0.25) is 0 Å². The summed E-state index contributed by atoms with van der Waals surface area (Å²) in [7, 11) is -20.7. The summed E-state index contributed by atoms with van der Waals surface area (Å²) >= 11 is 0. The third kappa shape index (κ3) is 12.5. The molecule has 0 heterocycles. The standard InChI is InChI=1S/C41H28N6O15S4.4Na/c48-39-25-15-13-23(44-46-31-9-1-7-29-27(31)5-3-11-33(29)63(51,52)53)17-21(25)19-35(65(57,58)59)37(39)42-41(50)43-38-36(66(60,61)62)20-22-18-24(14-16-26(22)40(38)49)45-47-32-10-2-8-30-28(32)6-4-12-34(30)64(54,55)56;;;;/h1-20,48-49H,(H2,42,43,50)(H,51,52,53)(H,54,55,56)(H,57,58,59)(H,60,61,62);;;;/q;4*+1/p-4. The number of phenols is 2. The SMILES string of the molecule is O=C(Nc1c(S(=O)(=O)[O-])cc2cc(N=Nc3cccc4c(S(=O)(=O)[O-])cccc34)ccc2c1O)Nc1c(S(=O)(=O)[O-])cc2cc(N=Nc3cccc4c(S(=O)(=O)[O-])cccc34)ccc2c1O.[Na+].[Na+].[Na+].[Na+]. The van der Waals surface area contributed by atoms with Crippen molar-refractivity contribution in [1.29, 1.82) is 0 Å². The Balaban J connectivity index is 0.00000266. The van der Waals surface area contributed by atoms with Crippen molar-refractivity contribution in [3.8, 4) is 11.5 Å². The monoisotopic (exact) mass is 1060 g/mol. The molecule has 0 radical (unpaired) electrons. The Bertz CT molecular complexity index is 3710. The molecular formula is C41H24N6Na4O15S4. The first-order valence-corrected chi connectivity index (χ1v) is 24.0. The molecule has 70 heavy (non-hydrogen) atoms. The molecule has 0 aliphatic heterocycles. The van der Waals surface area contributed by atoms with E-state index in [-0.39, 0.29) is 184 Å². The number of aromatic hydroxyl groups is 2. The van der Waals surface area contributed by atoms with Crippen LogP contribution in [0.25, 0.3) is 43.1 Å². The average Bonchev–Trinajstić information content (AvgIpc) is 3.24. The van der Waals surface area contributed by atoms with E-state index >= 15 is 0 Å². The summed E-state index contributed by atoms with van der Waals surface area (Å²) in [6.45, 7) is 0. The number of carbonyl (C=O) groups is 1. The third-order valence-electron chi connectivity index (χ3n) is 9.94. The van der Waals surface area contributed by atoms with E-state index in [2.05, 4.69) is 20.5 Å². The van der Waals surface area contributed by atoms with Gasteiger partial charge in [0.1, 0.15) is 63.3 Å². The first-order valence-electron chi connectivity index (χ1n) is 18.4. The molecule has 336 valence electrons. The van der Waals surface area contributed by atoms with Crippen molar-refractivity contribution in [2.75, 3.05) is 10.6 Å². The maximum absolute atomic E-state index is 13.4. The number of amides is 2. The number of urea groups is 1. The normalized spacial score (nSPS) is 12.1. The van der Waals surface area contributed by atoms with Gasteiger partial charge in [-0.25, -0.2) is 38.5 Å². The molecule has 8 aromatic carbocycles. The molecule has 0 atom stereocenters. The van der Waals surface area contributed by atoms with E-state index in [4.69, 9.17) is 0 Å². The molecule has 29 heteroatoms. The number of azo groups is 2. The molecule has 0 unspecified atom stereocenters. The zero-order chi connectivity index (χ0) is 47.5. The van der Waals surface area contributed by atoms with Crippen molar-refractivity contribution in [2.24, 2.45) is 20.5 Å². The maximum Gasteiger partial charge on any atom is 1.00 e. The second-order valence-electron chi connectivity index (χ2n) is 14.1. The molecule has 8 aromatic rings. The topological polar surface area (TPSA) is 360 Å². The van der Waals surface area contributed by atoms with Crippen LogP contribution in [0.3, 0.4) is 0 Å². The second-order valence-corrected chi connectivity index (χ2v) is 19.5. The summed E-state index contributed by atoms with van der Waals surface area (Å²) in [5.74, 6) is -1.91. The van der Waals surface area contributed by atoms with Gasteiger partial charge in [-0.1, -0.05) is 48.5 Å². The molecule has 4 N–H and O–H groups in total. The second kappa shape index (κ2) is 22.7. The Morgan fingerprint density at radius 3 is 1.07 bits per heavy atom. The number of hydrogen-bond acceptors (Lipinski definition) is 19. The van der Waals surface area contributed by atoms with Gasteiger partial charge in [0.05, 0.1) is 42.3 Å². The van der Waals surface area contributed by atoms with E-state index < -0.39 is 89.0 Å². The molecule has 2 amide bonds. The van der Waals surface area contributed by atoms with Gasteiger partial charge in [0.15, 0.2) is 0 Å². The fraction of sp³-hybridized carbons (Fsp3) is 0. The third-order valence-corrected chi connectivity index (χ3v) is 13.4. The summed E-state index contributed by atoms with van der Waals surface area (Å²) in [6, 6.07) is 24.1. The molecule has 0 aliphatic rings. The van der Waals surface area contributed by atoms with E-state index in [0.717, 1.165) is 24.3 Å². The number of rotatable bonds is 10. The molecule has 0 aliphatic carbocycles. The molecule has 21 nitrogen and oxygen atoms in total. The summed E-state index contributed by atoms with van der Waals surface area (Å²) in [5, 5.41) is 43.0. The number of nitrogens with zero attached hydrogens (tertiary/aromatic N) is 4. The molecule has 0 saturated carbocycles. The van der Waals surface area contributed by atoms with Gasteiger partial charge in [0, 0.05) is 32.3 Å². The number of carbonyl (C=O) groups excluding carboxylic acids is 1. The van der Waals surface area contributed by atoms with Gasteiger partial charge in [-0.15, -0.1) is 10.2 Å². The minimum Gasteiger partial charge on any atom is -0.744 e. The average molecular weight is 1060 g/mol. The predicted octanol–water partition coefficient (Wildman–Crippen LogP) is -4.18. The van der Waals surface area contributed by atoms with Crippen LogP contribution in [0.15, 0.2) is 161 Å². The number of benzene rings is 8. The number of fused-ring (bicyclic) bond motifs is 4. The van der Waals surface area contributed by atoms with Crippen LogP contribution in [0, 0.1) is 0 Å².